The van der Waals surface area contributed by atoms with E-state index in [1.165, 1.54) is 12.3 Å². The predicted molar refractivity (Wildman–Crippen MR) is 52.5 cm³/mol. The molecule has 0 bridgehead atoms. The first-order valence-corrected chi connectivity index (χ1v) is 4.78. The van der Waals surface area contributed by atoms with Gasteiger partial charge in [0.25, 0.3) is 0 Å². The maximum absolute atomic E-state index is 10.3. The number of aromatic nitrogens is 1. The fourth-order valence-corrected chi connectivity index (χ4v) is 1.38. The Bertz CT molecular complexity index is 300. The minimum atomic E-state index is -1.00. The fraction of sp³-hybridized carbons (Fsp3) is 0.444. The Labute approximate surface area is 86.5 Å². The van der Waals surface area contributed by atoms with Crippen LogP contribution in [0.15, 0.2) is 12.3 Å². The number of H-pyrrole nitrogens is 1. The molecule has 1 aromatic rings. The molecule has 0 aromatic carbocycles. The summed E-state index contributed by atoms with van der Waals surface area (Å²) in [6.45, 7) is 0. The van der Waals surface area contributed by atoms with E-state index in [1.807, 2.05) is 0 Å². The Hall–Kier alpha value is -0.840. The molecular weight excluding hydrogens is 206 g/mol. The molecule has 0 fully saturated rings. The van der Waals surface area contributed by atoms with Crippen LogP contribution in [0.4, 0.5) is 0 Å². The number of aromatic amines is 1. The topological polar surface area (TPSA) is 73.3 Å². The number of hydrogen-bond donors (Lipinski definition) is 3. The second-order valence-electron chi connectivity index (χ2n) is 3.00. The van der Waals surface area contributed by atoms with Crippen LogP contribution in [0.3, 0.4) is 0 Å². The van der Waals surface area contributed by atoms with Crippen LogP contribution in [-0.4, -0.2) is 33.5 Å². The van der Waals surface area contributed by atoms with Gasteiger partial charge in [0, 0.05) is 17.6 Å². The van der Waals surface area contributed by atoms with Crippen LogP contribution in [0.1, 0.15) is 28.6 Å². The smallest absolute Gasteiger partial charge is 0.166 e. The molecular formula is C9H12ClNO3. The second kappa shape index (κ2) is 5.14. The number of halogens is 1. The largest absolute Gasteiger partial charge is 0.390 e. The van der Waals surface area contributed by atoms with Crippen molar-refractivity contribution in [1.29, 1.82) is 0 Å². The van der Waals surface area contributed by atoms with Gasteiger partial charge in [-0.05, 0) is 12.5 Å². The summed E-state index contributed by atoms with van der Waals surface area (Å²) >= 11 is 5.43. The Morgan fingerprint density at radius 3 is 2.79 bits per heavy atom. The number of aliphatic hydroxyl groups excluding tert-OH is 2. The third-order valence-electron chi connectivity index (χ3n) is 1.97. The van der Waals surface area contributed by atoms with Gasteiger partial charge in [-0.15, -0.1) is 11.6 Å². The van der Waals surface area contributed by atoms with Crippen molar-refractivity contribution in [1.82, 2.24) is 4.98 Å². The zero-order chi connectivity index (χ0) is 10.6. The Kier molecular flexibility index (Phi) is 4.13. The van der Waals surface area contributed by atoms with E-state index in [1.54, 1.807) is 0 Å². The molecule has 14 heavy (non-hydrogen) atoms. The Balaban J connectivity index is 2.67. The lowest BCUT2D eigenvalue weighted by Crippen LogP contribution is -2.18. The molecule has 0 saturated carbocycles. The molecule has 3 N–H and O–H groups in total. The summed E-state index contributed by atoms with van der Waals surface area (Å²) in [5.41, 5.74) is 0.863. The van der Waals surface area contributed by atoms with Gasteiger partial charge in [-0.3, -0.25) is 4.79 Å². The first-order chi connectivity index (χ1) is 6.69. The average molecular weight is 218 g/mol. The van der Waals surface area contributed by atoms with E-state index < -0.39 is 12.2 Å². The zero-order valence-electron chi connectivity index (χ0n) is 7.48. The van der Waals surface area contributed by atoms with E-state index in [0.29, 0.717) is 24.0 Å². The first kappa shape index (κ1) is 11.2. The maximum atomic E-state index is 10.3. The highest BCUT2D eigenvalue weighted by molar-refractivity contribution is 6.17. The lowest BCUT2D eigenvalue weighted by Gasteiger charge is -2.14. The molecule has 2 atom stereocenters. The molecule has 0 aliphatic carbocycles. The number of carbonyl (C=O) groups excluding carboxylic acids is 1. The number of aliphatic hydroxyl groups is 2. The van der Waals surface area contributed by atoms with Gasteiger partial charge in [-0.2, -0.15) is 0 Å². The molecule has 4 nitrogen and oxygen atoms in total. The average Bonchev–Trinajstić information content (AvgIpc) is 2.65. The second-order valence-corrected chi connectivity index (χ2v) is 3.37. The Morgan fingerprint density at radius 2 is 2.29 bits per heavy atom. The zero-order valence-corrected chi connectivity index (χ0v) is 8.24. The summed E-state index contributed by atoms with van der Waals surface area (Å²) in [4.78, 5) is 13.0. The van der Waals surface area contributed by atoms with Crippen molar-refractivity contribution >= 4 is 17.9 Å². The van der Waals surface area contributed by atoms with Crippen LogP contribution >= 0.6 is 11.6 Å². The fourth-order valence-electron chi connectivity index (χ4n) is 1.16. The first-order valence-electron chi connectivity index (χ1n) is 4.24. The van der Waals surface area contributed by atoms with Gasteiger partial charge in [-0.25, -0.2) is 0 Å². The monoisotopic (exact) mass is 217 g/mol. The van der Waals surface area contributed by atoms with Crippen molar-refractivity contribution in [3.05, 3.63) is 23.5 Å². The van der Waals surface area contributed by atoms with Gasteiger partial charge in [0.2, 0.25) is 0 Å². The number of alkyl halides is 1. The van der Waals surface area contributed by atoms with Crippen molar-refractivity contribution in [2.24, 2.45) is 0 Å². The molecule has 78 valence electrons. The van der Waals surface area contributed by atoms with E-state index >= 15 is 0 Å². The molecule has 1 heterocycles. The standard InChI is InChI=1S/C9H12ClNO3/c10-2-1-8(13)9(14)6-3-7(5-12)11-4-6/h3-5,8-9,11,13-14H,1-2H2. The molecule has 0 aliphatic rings. The third-order valence-corrected chi connectivity index (χ3v) is 2.18. The number of aldehydes is 1. The van der Waals surface area contributed by atoms with Crippen molar-refractivity contribution < 1.29 is 15.0 Å². The van der Waals surface area contributed by atoms with Gasteiger partial charge < -0.3 is 15.2 Å². The summed E-state index contributed by atoms with van der Waals surface area (Å²) in [6.07, 6.45) is 0.543. The van der Waals surface area contributed by atoms with Crippen molar-refractivity contribution in [3.8, 4) is 0 Å². The van der Waals surface area contributed by atoms with E-state index in [4.69, 9.17) is 11.6 Å². The van der Waals surface area contributed by atoms with Crippen LogP contribution in [0.25, 0.3) is 0 Å². The maximum Gasteiger partial charge on any atom is 0.166 e. The lowest BCUT2D eigenvalue weighted by molar-refractivity contribution is 0.0171. The van der Waals surface area contributed by atoms with E-state index in [0.717, 1.165) is 0 Å². The van der Waals surface area contributed by atoms with Crippen LogP contribution in [0.5, 0.6) is 0 Å². The number of carbonyl (C=O) groups is 1. The summed E-state index contributed by atoms with van der Waals surface area (Å²) in [6, 6.07) is 1.50. The van der Waals surface area contributed by atoms with Crippen molar-refractivity contribution in [2.45, 2.75) is 18.6 Å². The van der Waals surface area contributed by atoms with Crippen LogP contribution in [0.2, 0.25) is 0 Å². The molecule has 0 aliphatic heterocycles. The van der Waals surface area contributed by atoms with E-state index in [2.05, 4.69) is 4.98 Å². The van der Waals surface area contributed by atoms with Crippen LogP contribution in [0, 0.1) is 0 Å². The summed E-state index contributed by atoms with van der Waals surface area (Å²) in [5, 5.41) is 19.0. The highest BCUT2D eigenvalue weighted by Crippen LogP contribution is 2.19. The van der Waals surface area contributed by atoms with E-state index in [9.17, 15) is 15.0 Å². The molecule has 5 heteroatoms. The minimum absolute atomic E-state index is 0.281. The van der Waals surface area contributed by atoms with Gasteiger partial charge >= 0.3 is 0 Å². The SMILES string of the molecule is O=Cc1cc(C(O)C(O)CCCl)c[nH]1. The normalized spacial score (nSPS) is 15.1. The van der Waals surface area contributed by atoms with Crippen molar-refractivity contribution in [2.75, 3.05) is 5.88 Å². The summed E-state index contributed by atoms with van der Waals surface area (Å²) in [5.74, 6) is 0.281. The molecule has 0 spiro atoms. The summed E-state index contributed by atoms with van der Waals surface area (Å²) in [7, 11) is 0. The predicted octanol–water partition coefficient (Wildman–Crippen LogP) is 0.850. The number of nitrogens with one attached hydrogen (secondary N) is 1. The van der Waals surface area contributed by atoms with Gasteiger partial charge in [0.05, 0.1) is 11.8 Å². The number of rotatable bonds is 5. The van der Waals surface area contributed by atoms with Gasteiger partial charge in [0.1, 0.15) is 6.10 Å². The molecule has 0 radical (unpaired) electrons. The third kappa shape index (κ3) is 2.57. The number of hydrogen-bond acceptors (Lipinski definition) is 3. The molecule has 0 amide bonds. The molecule has 1 rings (SSSR count). The van der Waals surface area contributed by atoms with E-state index in [-0.39, 0.29) is 5.88 Å². The quantitative estimate of drug-likeness (QED) is 0.506. The minimum Gasteiger partial charge on any atom is -0.390 e. The van der Waals surface area contributed by atoms with Crippen LogP contribution < -0.4 is 0 Å². The van der Waals surface area contributed by atoms with Crippen molar-refractivity contribution in [3.63, 3.8) is 0 Å². The molecule has 2 unspecified atom stereocenters. The van der Waals surface area contributed by atoms with Crippen LogP contribution in [-0.2, 0) is 0 Å². The lowest BCUT2D eigenvalue weighted by atomic mass is 10.1. The van der Waals surface area contributed by atoms with Gasteiger partial charge in [0.15, 0.2) is 6.29 Å². The summed E-state index contributed by atoms with van der Waals surface area (Å²) < 4.78 is 0. The van der Waals surface area contributed by atoms with Gasteiger partial charge in [-0.1, -0.05) is 0 Å². The highest BCUT2D eigenvalue weighted by Gasteiger charge is 2.18. The Morgan fingerprint density at radius 1 is 1.57 bits per heavy atom. The molecule has 0 saturated heterocycles. The highest BCUT2D eigenvalue weighted by atomic mass is 35.5. The molecule has 1 aromatic heterocycles.